The number of benzene rings is 1. The minimum Gasteiger partial charge on any atom is -0.338 e. The summed E-state index contributed by atoms with van der Waals surface area (Å²) >= 11 is 0. The van der Waals surface area contributed by atoms with Crippen molar-refractivity contribution in [2.45, 2.75) is 64.6 Å². The molecule has 23 heavy (non-hydrogen) atoms. The predicted molar refractivity (Wildman–Crippen MR) is 92.1 cm³/mol. The van der Waals surface area contributed by atoms with Crippen molar-refractivity contribution in [2.75, 3.05) is 6.54 Å². The Morgan fingerprint density at radius 1 is 1.35 bits per heavy atom. The molecule has 126 valence electrons. The van der Waals surface area contributed by atoms with E-state index in [4.69, 9.17) is 0 Å². The first-order valence-electron chi connectivity index (χ1n) is 8.63. The van der Waals surface area contributed by atoms with Crippen LogP contribution in [0.15, 0.2) is 18.2 Å². The average molecular weight is 316 g/mol. The van der Waals surface area contributed by atoms with Crippen LogP contribution in [-0.2, 0) is 16.1 Å². The smallest absolute Gasteiger partial charge is 0.210 e. The van der Waals surface area contributed by atoms with E-state index in [1.165, 1.54) is 36.0 Å². The van der Waals surface area contributed by atoms with Crippen LogP contribution in [0.25, 0.3) is 0 Å². The van der Waals surface area contributed by atoms with E-state index in [9.17, 15) is 9.59 Å². The van der Waals surface area contributed by atoms with Gasteiger partial charge in [-0.2, -0.15) is 0 Å². The number of hydrogen-bond acceptors (Lipinski definition) is 3. The lowest BCUT2D eigenvalue weighted by atomic mass is 9.94. The zero-order valence-corrected chi connectivity index (χ0v) is 14.3. The Morgan fingerprint density at radius 3 is 2.83 bits per heavy atom. The molecule has 0 saturated carbocycles. The highest BCUT2D eigenvalue weighted by Gasteiger charge is 2.17. The van der Waals surface area contributed by atoms with E-state index >= 15 is 0 Å². The summed E-state index contributed by atoms with van der Waals surface area (Å²) in [5, 5.41) is 3.58. The van der Waals surface area contributed by atoms with Gasteiger partial charge in [-0.05, 0) is 56.3 Å². The van der Waals surface area contributed by atoms with Crippen molar-refractivity contribution in [2.24, 2.45) is 0 Å². The highest BCUT2D eigenvalue weighted by molar-refractivity contribution is 5.51. The third kappa shape index (κ3) is 4.90. The number of amides is 1. The Kier molecular flexibility index (Phi) is 6.78. The SMILES string of the molecule is Cc1ccc(C2CCCCN2)cc1CN(C=O)C(C)CCC=O. The number of hydrogen-bond donors (Lipinski definition) is 1. The van der Waals surface area contributed by atoms with Crippen molar-refractivity contribution in [1.82, 2.24) is 10.2 Å². The van der Waals surface area contributed by atoms with Crippen LogP contribution in [0, 0.1) is 6.92 Å². The Bertz CT molecular complexity index is 524. The lowest BCUT2D eigenvalue weighted by molar-refractivity contribution is -0.121. The average Bonchev–Trinajstić information content (AvgIpc) is 2.59. The van der Waals surface area contributed by atoms with Crippen LogP contribution in [0.2, 0.25) is 0 Å². The molecule has 1 aromatic carbocycles. The fourth-order valence-electron chi connectivity index (χ4n) is 3.18. The first-order chi connectivity index (χ1) is 11.2. The number of nitrogens with zero attached hydrogens (tertiary/aromatic N) is 1. The van der Waals surface area contributed by atoms with Crippen LogP contribution in [-0.4, -0.2) is 30.2 Å². The molecule has 0 aliphatic carbocycles. The molecular formula is C19H28N2O2. The minimum absolute atomic E-state index is 0.0774. The molecule has 2 atom stereocenters. The number of carbonyl (C=O) groups is 2. The highest BCUT2D eigenvalue weighted by atomic mass is 16.1. The molecule has 4 nitrogen and oxygen atoms in total. The molecule has 1 aliphatic rings. The number of carbonyl (C=O) groups excluding carboxylic acids is 2. The Labute approximate surface area is 139 Å². The maximum Gasteiger partial charge on any atom is 0.210 e. The number of nitrogens with one attached hydrogen (secondary N) is 1. The number of aldehydes is 1. The molecule has 1 aromatic rings. The van der Waals surface area contributed by atoms with Crippen LogP contribution in [0.3, 0.4) is 0 Å². The van der Waals surface area contributed by atoms with Crippen LogP contribution in [0.4, 0.5) is 0 Å². The third-order valence-electron chi connectivity index (χ3n) is 4.84. The van der Waals surface area contributed by atoms with Gasteiger partial charge in [-0.25, -0.2) is 0 Å². The Morgan fingerprint density at radius 2 is 2.17 bits per heavy atom. The van der Waals surface area contributed by atoms with E-state index in [1.807, 2.05) is 6.92 Å². The van der Waals surface area contributed by atoms with Crippen molar-refractivity contribution < 1.29 is 9.59 Å². The fourth-order valence-corrected chi connectivity index (χ4v) is 3.18. The zero-order valence-electron chi connectivity index (χ0n) is 14.3. The van der Waals surface area contributed by atoms with Crippen LogP contribution < -0.4 is 5.32 Å². The topological polar surface area (TPSA) is 49.4 Å². The van der Waals surface area contributed by atoms with Gasteiger partial charge in [0.1, 0.15) is 6.29 Å². The van der Waals surface area contributed by atoms with E-state index in [-0.39, 0.29) is 6.04 Å². The predicted octanol–water partition coefficient (Wildman–Crippen LogP) is 3.14. The molecule has 4 heteroatoms. The quantitative estimate of drug-likeness (QED) is 0.750. The summed E-state index contributed by atoms with van der Waals surface area (Å²) in [4.78, 5) is 23.8. The van der Waals surface area contributed by atoms with Gasteiger partial charge < -0.3 is 15.0 Å². The summed E-state index contributed by atoms with van der Waals surface area (Å²) in [6.45, 7) is 5.78. The lowest BCUT2D eigenvalue weighted by Crippen LogP contribution is -2.32. The van der Waals surface area contributed by atoms with E-state index in [1.54, 1.807) is 4.90 Å². The van der Waals surface area contributed by atoms with Gasteiger partial charge in [0.2, 0.25) is 6.41 Å². The Balaban J connectivity index is 2.10. The molecule has 1 fully saturated rings. The molecular weight excluding hydrogens is 288 g/mol. The monoisotopic (exact) mass is 316 g/mol. The van der Waals surface area contributed by atoms with Gasteiger partial charge in [0.25, 0.3) is 0 Å². The first-order valence-corrected chi connectivity index (χ1v) is 8.63. The lowest BCUT2D eigenvalue weighted by Gasteiger charge is -2.27. The number of aryl methyl sites for hydroxylation is 1. The van der Waals surface area contributed by atoms with Gasteiger partial charge in [0.15, 0.2) is 0 Å². The molecule has 1 heterocycles. The van der Waals surface area contributed by atoms with Crippen LogP contribution in [0.1, 0.15) is 61.8 Å². The summed E-state index contributed by atoms with van der Waals surface area (Å²) in [5.74, 6) is 0. The minimum atomic E-state index is 0.0774. The highest BCUT2D eigenvalue weighted by Crippen LogP contribution is 2.25. The van der Waals surface area contributed by atoms with Gasteiger partial charge in [-0.1, -0.05) is 24.6 Å². The van der Waals surface area contributed by atoms with Crippen LogP contribution >= 0.6 is 0 Å². The van der Waals surface area contributed by atoms with Gasteiger partial charge in [-0.3, -0.25) is 4.79 Å². The maximum atomic E-state index is 11.4. The van der Waals surface area contributed by atoms with Crippen molar-refractivity contribution in [3.63, 3.8) is 0 Å². The second-order valence-electron chi connectivity index (χ2n) is 6.56. The molecule has 1 saturated heterocycles. The molecule has 0 bridgehead atoms. The molecule has 0 radical (unpaired) electrons. The molecule has 1 N–H and O–H groups in total. The van der Waals surface area contributed by atoms with E-state index in [0.29, 0.717) is 25.4 Å². The van der Waals surface area contributed by atoms with E-state index in [2.05, 4.69) is 30.4 Å². The molecule has 1 aliphatic heterocycles. The van der Waals surface area contributed by atoms with Crippen molar-refractivity contribution >= 4 is 12.7 Å². The van der Waals surface area contributed by atoms with Gasteiger partial charge in [0, 0.05) is 25.0 Å². The summed E-state index contributed by atoms with van der Waals surface area (Å²) in [6.07, 6.45) is 6.73. The van der Waals surface area contributed by atoms with Crippen molar-refractivity contribution in [1.29, 1.82) is 0 Å². The maximum absolute atomic E-state index is 11.4. The summed E-state index contributed by atoms with van der Waals surface area (Å²) in [5.41, 5.74) is 3.72. The van der Waals surface area contributed by atoms with Gasteiger partial charge >= 0.3 is 0 Å². The van der Waals surface area contributed by atoms with Crippen molar-refractivity contribution in [3.8, 4) is 0 Å². The zero-order chi connectivity index (χ0) is 16.7. The van der Waals surface area contributed by atoms with Gasteiger partial charge in [0.05, 0.1) is 0 Å². The molecule has 1 amide bonds. The van der Waals surface area contributed by atoms with E-state index < -0.39 is 0 Å². The molecule has 0 spiro atoms. The summed E-state index contributed by atoms with van der Waals surface area (Å²) in [6, 6.07) is 7.10. The summed E-state index contributed by atoms with van der Waals surface area (Å²) in [7, 11) is 0. The first kappa shape index (κ1) is 17.7. The van der Waals surface area contributed by atoms with Gasteiger partial charge in [-0.15, -0.1) is 0 Å². The third-order valence-corrected chi connectivity index (χ3v) is 4.84. The number of piperidine rings is 1. The normalized spacial score (nSPS) is 19.1. The Hall–Kier alpha value is -1.68. The number of rotatable bonds is 8. The van der Waals surface area contributed by atoms with Crippen molar-refractivity contribution in [3.05, 3.63) is 34.9 Å². The second-order valence-corrected chi connectivity index (χ2v) is 6.56. The molecule has 0 aromatic heterocycles. The molecule has 2 rings (SSSR count). The summed E-state index contributed by atoms with van der Waals surface area (Å²) < 4.78 is 0. The largest absolute Gasteiger partial charge is 0.338 e. The standard InChI is InChI=1S/C19H28N2O2/c1-15-8-9-17(19-7-3-4-10-20-19)12-18(15)13-21(14-23)16(2)6-5-11-22/h8-9,11-12,14,16,19-20H,3-7,10,13H2,1-2H3. The molecule has 2 unspecified atom stereocenters. The fraction of sp³-hybridized carbons (Fsp3) is 0.579. The van der Waals surface area contributed by atoms with E-state index in [0.717, 1.165) is 19.2 Å². The second kappa shape index (κ2) is 8.82. The van der Waals surface area contributed by atoms with Crippen LogP contribution in [0.5, 0.6) is 0 Å².